The maximum atomic E-state index is 10.3. The van der Waals surface area contributed by atoms with Crippen LogP contribution in [0.15, 0.2) is 22.6 Å². The zero-order valence-electron chi connectivity index (χ0n) is 6.43. The molecule has 0 amide bonds. The molecule has 2 N–H and O–H groups in total. The van der Waals surface area contributed by atoms with Gasteiger partial charge in [0.2, 0.25) is 5.52 Å². The zero-order chi connectivity index (χ0) is 9.42. The number of nitrogens with two attached hydrogens (primary N) is 1. The highest BCUT2D eigenvalue weighted by Gasteiger charge is 2.18. The van der Waals surface area contributed by atoms with E-state index in [4.69, 9.17) is 10.2 Å². The lowest BCUT2D eigenvalue weighted by molar-refractivity contribution is -0.406. The van der Waals surface area contributed by atoms with Crippen molar-refractivity contribution in [2.45, 2.75) is 0 Å². The molecule has 1 aromatic carbocycles. The molecule has 1 aromatic heterocycles. The van der Waals surface area contributed by atoms with Crippen molar-refractivity contribution < 1.29 is 9.34 Å². The first-order chi connectivity index (χ1) is 6.18. The van der Waals surface area contributed by atoms with Crippen LogP contribution in [0, 0.1) is 10.1 Å². The number of para-hydroxylation sites is 1. The fraction of sp³-hybridized carbons (Fsp3) is 0. The van der Waals surface area contributed by atoms with Crippen molar-refractivity contribution in [1.29, 1.82) is 0 Å². The van der Waals surface area contributed by atoms with Crippen LogP contribution >= 0.6 is 0 Å². The van der Waals surface area contributed by atoms with Gasteiger partial charge in [0, 0.05) is 9.91 Å². The normalized spacial score (nSPS) is 10.5. The van der Waals surface area contributed by atoms with E-state index in [9.17, 15) is 10.1 Å². The van der Waals surface area contributed by atoms with Gasteiger partial charge in [-0.25, -0.2) is 0 Å². The molecule has 0 spiro atoms. The van der Waals surface area contributed by atoms with E-state index < -0.39 is 10.9 Å². The number of aromatic nitrogens is 1. The molecule has 2 rings (SSSR count). The van der Waals surface area contributed by atoms with Gasteiger partial charge in [0.05, 0.1) is 5.69 Å². The van der Waals surface area contributed by atoms with E-state index in [1.165, 1.54) is 0 Å². The Bertz CT molecular complexity index is 477. The van der Waals surface area contributed by atoms with Crippen molar-refractivity contribution in [3.8, 4) is 0 Å². The van der Waals surface area contributed by atoms with Gasteiger partial charge in [-0.05, 0) is 12.1 Å². The molecule has 1 heterocycles. The van der Waals surface area contributed by atoms with Crippen molar-refractivity contribution in [2.75, 3.05) is 5.73 Å². The largest absolute Gasteiger partial charge is 0.546 e. The minimum absolute atomic E-state index is 0.326. The molecule has 0 saturated heterocycles. The fourth-order valence-corrected chi connectivity index (χ4v) is 1.04. The number of nitrogens with zero attached hydrogens (tertiary/aromatic N) is 2. The molecule has 0 aliphatic carbocycles. The summed E-state index contributed by atoms with van der Waals surface area (Å²) in [4.78, 5) is 13.2. The summed E-state index contributed by atoms with van der Waals surface area (Å²) in [6.07, 6.45) is 0. The van der Waals surface area contributed by atoms with E-state index in [1.807, 2.05) is 0 Å². The summed E-state index contributed by atoms with van der Waals surface area (Å²) in [5.74, 6) is 0. The Morgan fingerprint density at radius 1 is 1.54 bits per heavy atom. The number of nitrogen functional groups attached to an aromatic ring is 1. The minimum atomic E-state index is -0.695. The summed E-state index contributed by atoms with van der Waals surface area (Å²) < 4.78 is 4.82. The molecule has 0 fully saturated rings. The molecule has 0 saturated carbocycles. The fourth-order valence-electron chi connectivity index (χ4n) is 1.04. The van der Waals surface area contributed by atoms with Gasteiger partial charge < -0.3 is 20.3 Å². The molecule has 6 nitrogen and oxygen atoms in total. The molecule has 2 aromatic rings. The van der Waals surface area contributed by atoms with Gasteiger partial charge in [-0.1, -0.05) is 6.07 Å². The van der Waals surface area contributed by atoms with Gasteiger partial charge >= 0.3 is 6.01 Å². The molecule has 0 radical (unpaired) electrons. The summed E-state index contributed by atoms with van der Waals surface area (Å²) in [6.45, 7) is 0. The third-order valence-electron chi connectivity index (χ3n) is 1.60. The topological polar surface area (TPSA) is 95.2 Å². The molecule has 66 valence electrons. The molecule has 6 heteroatoms. The predicted molar refractivity (Wildman–Crippen MR) is 45.1 cm³/mol. The van der Waals surface area contributed by atoms with Gasteiger partial charge in [-0.15, -0.1) is 0 Å². The highest BCUT2D eigenvalue weighted by molar-refractivity contribution is 5.85. The van der Waals surface area contributed by atoms with Crippen molar-refractivity contribution in [3.05, 3.63) is 28.3 Å². The average Bonchev–Trinajstić information content (AvgIpc) is 2.49. The van der Waals surface area contributed by atoms with Gasteiger partial charge in [-0.2, -0.15) is 0 Å². The molecule has 0 bridgehead atoms. The lowest BCUT2D eigenvalue weighted by Gasteiger charge is -1.85. The van der Waals surface area contributed by atoms with Crippen LogP contribution in [0.3, 0.4) is 0 Å². The van der Waals surface area contributed by atoms with Crippen LogP contribution < -0.4 is 5.73 Å². The van der Waals surface area contributed by atoms with E-state index in [1.54, 1.807) is 18.2 Å². The van der Waals surface area contributed by atoms with Crippen molar-refractivity contribution in [2.24, 2.45) is 0 Å². The van der Waals surface area contributed by atoms with Crippen LogP contribution in [0.4, 0.5) is 11.7 Å². The molecular formula is C7H5N3O3. The van der Waals surface area contributed by atoms with Crippen LogP contribution in [0.5, 0.6) is 0 Å². The number of nitro groups is 1. The Morgan fingerprint density at radius 3 is 2.92 bits per heavy atom. The van der Waals surface area contributed by atoms with Crippen LogP contribution in [-0.4, -0.2) is 9.91 Å². The van der Waals surface area contributed by atoms with Gasteiger partial charge in [0.15, 0.2) is 5.58 Å². The number of fused-ring (bicyclic) bond motifs is 1. The van der Waals surface area contributed by atoms with E-state index >= 15 is 0 Å². The first-order valence-electron chi connectivity index (χ1n) is 3.48. The Balaban J connectivity index is 2.75. The monoisotopic (exact) mass is 179 g/mol. The lowest BCUT2D eigenvalue weighted by atomic mass is 10.3. The molecule has 0 atom stereocenters. The lowest BCUT2D eigenvalue weighted by Crippen LogP contribution is -1.87. The highest BCUT2D eigenvalue weighted by Crippen LogP contribution is 2.24. The number of hydrogen-bond donors (Lipinski definition) is 1. The second-order valence-corrected chi connectivity index (χ2v) is 2.45. The number of oxazole rings is 1. The van der Waals surface area contributed by atoms with Crippen LogP contribution in [-0.2, 0) is 0 Å². The van der Waals surface area contributed by atoms with E-state index in [0.717, 1.165) is 0 Å². The third kappa shape index (κ3) is 1.08. The average molecular weight is 179 g/mol. The zero-order valence-corrected chi connectivity index (χ0v) is 6.43. The van der Waals surface area contributed by atoms with Crippen molar-refractivity contribution in [3.63, 3.8) is 0 Å². The van der Waals surface area contributed by atoms with E-state index in [0.29, 0.717) is 16.8 Å². The Labute approximate surface area is 72.1 Å². The third-order valence-corrected chi connectivity index (χ3v) is 1.60. The SMILES string of the molecule is Nc1cccc2oc([N+](=O)[O-])nc12. The number of anilines is 1. The minimum Gasteiger partial charge on any atom is -0.395 e. The maximum Gasteiger partial charge on any atom is 0.546 e. The standard InChI is InChI=1S/C7H5N3O3/c8-4-2-1-3-5-6(4)9-7(13-5)10(11)12/h1-3H,8H2. The Hall–Kier alpha value is -2.11. The summed E-state index contributed by atoms with van der Waals surface area (Å²) in [5, 5.41) is 10.3. The molecule has 0 aliphatic rings. The van der Waals surface area contributed by atoms with Gasteiger partial charge in [0.1, 0.15) is 0 Å². The van der Waals surface area contributed by atoms with E-state index in [2.05, 4.69) is 4.98 Å². The maximum absolute atomic E-state index is 10.3. The first kappa shape index (κ1) is 7.53. The van der Waals surface area contributed by atoms with Crippen LogP contribution in [0.25, 0.3) is 11.1 Å². The quantitative estimate of drug-likeness (QED) is 0.404. The second-order valence-electron chi connectivity index (χ2n) is 2.45. The number of hydrogen-bond acceptors (Lipinski definition) is 5. The summed E-state index contributed by atoms with van der Waals surface area (Å²) in [5.41, 5.74) is 6.55. The molecular weight excluding hydrogens is 174 g/mol. The Kier molecular flexibility index (Phi) is 1.42. The molecule has 0 unspecified atom stereocenters. The van der Waals surface area contributed by atoms with Crippen LogP contribution in [0.2, 0.25) is 0 Å². The van der Waals surface area contributed by atoms with Crippen molar-refractivity contribution >= 4 is 22.8 Å². The van der Waals surface area contributed by atoms with Crippen molar-refractivity contribution in [1.82, 2.24) is 4.98 Å². The number of benzene rings is 1. The summed E-state index contributed by atoms with van der Waals surface area (Å²) in [7, 11) is 0. The van der Waals surface area contributed by atoms with Gasteiger partial charge in [-0.3, -0.25) is 0 Å². The van der Waals surface area contributed by atoms with E-state index in [-0.39, 0.29) is 0 Å². The molecule has 0 aliphatic heterocycles. The Morgan fingerprint density at radius 2 is 2.31 bits per heavy atom. The summed E-state index contributed by atoms with van der Waals surface area (Å²) >= 11 is 0. The first-order valence-corrected chi connectivity index (χ1v) is 3.48. The predicted octanol–water partition coefficient (Wildman–Crippen LogP) is 1.32. The van der Waals surface area contributed by atoms with Gasteiger partial charge in [0.25, 0.3) is 0 Å². The van der Waals surface area contributed by atoms with Crippen LogP contribution in [0.1, 0.15) is 0 Å². The number of rotatable bonds is 1. The second kappa shape index (κ2) is 2.44. The molecule has 13 heavy (non-hydrogen) atoms. The highest BCUT2D eigenvalue weighted by atomic mass is 16.7. The smallest absolute Gasteiger partial charge is 0.395 e. The summed E-state index contributed by atoms with van der Waals surface area (Å²) in [6, 6.07) is 4.29.